The molecule has 6 heteroatoms. The van der Waals surface area contributed by atoms with Crippen LogP contribution in [0.4, 0.5) is 0 Å². The van der Waals surface area contributed by atoms with Crippen LogP contribution in [0.1, 0.15) is 11.1 Å². The van der Waals surface area contributed by atoms with Crippen molar-refractivity contribution in [1.29, 1.82) is 0 Å². The molecule has 1 heterocycles. The second kappa shape index (κ2) is 11.8. The van der Waals surface area contributed by atoms with Crippen molar-refractivity contribution in [3.63, 3.8) is 0 Å². The lowest BCUT2D eigenvalue weighted by molar-refractivity contribution is 0.0357. The van der Waals surface area contributed by atoms with Crippen molar-refractivity contribution < 1.29 is 9.47 Å². The first-order valence-electron chi connectivity index (χ1n) is 10.2. The maximum atomic E-state index is 5.75. The fourth-order valence-electron chi connectivity index (χ4n) is 3.36. The van der Waals surface area contributed by atoms with Crippen molar-refractivity contribution in [3.05, 3.63) is 65.7 Å². The predicted octanol–water partition coefficient (Wildman–Crippen LogP) is 2.95. The number of methoxy groups -OCH3 is 1. The summed E-state index contributed by atoms with van der Waals surface area (Å²) >= 11 is 5.75. The van der Waals surface area contributed by atoms with E-state index in [-0.39, 0.29) is 0 Å². The van der Waals surface area contributed by atoms with Crippen LogP contribution in [0.15, 0.2) is 54.6 Å². The number of nitrogens with one attached hydrogen (secondary N) is 1. The topological polar surface area (TPSA) is 37.0 Å². The number of ether oxygens (including phenoxy) is 2. The largest absolute Gasteiger partial charge is 0.497 e. The molecule has 5 nitrogen and oxygen atoms in total. The average molecular weight is 414 g/mol. The van der Waals surface area contributed by atoms with E-state index in [9.17, 15) is 0 Å². The molecule has 0 atom stereocenters. The lowest BCUT2D eigenvalue weighted by atomic mass is 10.1. The molecule has 0 unspecified atom stereocenters. The van der Waals surface area contributed by atoms with E-state index in [2.05, 4.69) is 51.5 Å². The smallest absolute Gasteiger partial charge is 0.169 e. The van der Waals surface area contributed by atoms with Crippen LogP contribution < -0.4 is 10.1 Å². The Labute approximate surface area is 179 Å². The van der Waals surface area contributed by atoms with E-state index in [0.29, 0.717) is 0 Å². The fourth-order valence-corrected chi connectivity index (χ4v) is 3.62. The quantitative estimate of drug-likeness (QED) is 0.637. The minimum absolute atomic E-state index is 0.783. The molecule has 1 aliphatic heterocycles. The summed E-state index contributed by atoms with van der Waals surface area (Å²) in [4.78, 5) is 4.70. The molecule has 2 aromatic rings. The van der Waals surface area contributed by atoms with Crippen LogP contribution in [0.5, 0.6) is 5.75 Å². The summed E-state index contributed by atoms with van der Waals surface area (Å²) in [6.07, 6.45) is 0.959. The zero-order valence-electron chi connectivity index (χ0n) is 17.2. The van der Waals surface area contributed by atoms with Gasteiger partial charge in [0, 0.05) is 39.3 Å². The van der Waals surface area contributed by atoms with Gasteiger partial charge in [0.2, 0.25) is 0 Å². The van der Waals surface area contributed by atoms with Crippen molar-refractivity contribution >= 4 is 17.3 Å². The van der Waals surface area contributed by atoms with Gasteiger partial charge < -0.3 is 19.7 Å². The summed E-state index contributed by atoms with van der Waals surface area (Å²) < 4.78 is 10.7. The molecule has 0 aliphatic carbocycles. The van der Waals surface area contributed by atoms with Crippen molar-refractivity contribution in [3.8, 4) is 5.75 Å². The van der Waals surface area contributed by atoms with Gasteiger partial charge in [0.05, 0.1) is 20.3 Å². The van der Waals surface area contributed by atoms with E-state index < -0.39 is 0 Å². The molecular weight excluding hydrogens is 382 g/mol. The van der Waals surface area contributed by atoms with Gasteiger partial charge in [0.1, 0.15) is 5.75 Å². The van der Waals surface area contributed by atoms with Crippen molar-refractivity contribution in [1.82, 2.24) is 15.1 Å². The number of benzene rings is 2. The van der Waals surface area contributed by atoms with E-state index in [4.69, 9.17) is 21.7 Å². The SMILES string of the molecule is COc1ccc(CN(CCN2CCOCC2)C(=S)NCCc2ccccc2)cc1. The van der Waals surface area contributed by atoms with Crippen molar-refractivity contribution in [2.24, 2.45) is 0 Å². The molecule has 1 aliphatic rings. The van der Waals surface area contributed by atoms with Crippen LogP contribution in [-0.2, 0) is 17.7 Å². The summed E-state index contributed by atoms with van der Waals surface area (Å²) in [5.74, 6) is 0.872. The Kier molecular flexibility index (Phi) is 8.74. The first-order valence-corrected chi connectivity index (χ1v) is 10.6. The number of morpholine rings is 1. The highest BCUT2D eigenvalue weighted by molar-refractivity contribution is 7.80. The third-order valence-corrected chi connectivity index (χ3v) is 5.54. The lowest BCUT2D eigenvalue weighted by Crippen LogP contribution is -2.46. The third kappa shape index (κ3) is 7.31. The monoisotopic (exact) mass is 413 g/mol. The maximum Gasteiger partial charge on any atom is 0.169 e. The second-order valence-electron chi connectivity index (χ2n) is 7.19. The Hall–Kier alpha value is -2.15. The number of rotatable bonds is 9. The maximum absolute atomic E-state index is 5.75. The van der Waals surface area contributed by atoms with Gasteiger partial charge in [-0.1, -0.05) is 42.5 Å². The van der Waals surface area contributed by atoms with Crippen LogP contribution in [0.3, 0.4) is 0 Å². The van der Waals surface area contributed by atoms with Gasteiger partial charge in [-0.2, -0.15) is 0 Å². The van der Waals surface area contributed by atoms with Gasteiger partial charge >= 0.3 is 0 Å². The molecule has 1 fully saturated rings. The molecule has 0 bridgehead atoms. The number of hydrogen-bond donors (Lipinski definition) is 1. The van der Waals surface area contributed by atoms with Crippen LogP contribution in [0.2, 0.25) is 0 Å². The van der Waals surface area contributed by atoms with Crippen LogP contribution in [0.25, 0.3) is 0 Å². The predicted molar refractivity (Wildman–Crippen MR) is 121 cm³/mol. The first-order chi connectivity index (χ1) is 14.2. The summed E-state index contributed by atoms with van der Waals surface area (Å²) in [5, 5.41) is 4.26. The Balaban J connectivity index is 1.56. The molecule has 0 aromatic heterocycles. The van der Waals surface area contributed by atoms with Gasteiger partial charge in [-0.15, -0.1) is 0 Å². The van der Waals surface area contributed by atoms with Gasteiger partial charge in [-0.3, -0.25) is 4.90 Å². The molecule has 0 radical (unpaired) electrons. The minimum atomic E-state index is 0.783. The third-order valence-electron chi connectivity index (χ3n) is 5.14. The molecule has 1 N–H and O–H groups in total. The molecule has 0 saturated carbocycles. The fraction of sp³-hybridized carbons (Fsp3) is 0.435. The highest BCUT2D eigenvalue weighted by atomic mass is 32.1. The normalized spacial score (nSPS) is 14.4. The van der Waals surface area contributed by atoms with E-state index in [0.717, 1.165) is 69.8 Å². The van der Waals surface area contributed by atoms with E-state index >= 15 is 0 Å². The molecule has 0 amide bonds. The van der Waals surface area contributed by atoms with Gasteiger partial charge in [-0.25, -0.2) is 0 Å². The lowest BCUT2D eigenvalue weighted by Gasteiger charge is -2.31. The summed E-state index contributed by atoms with van der Waals surface area (Å²) in [6, 6.07) is 18.7. The number of thiocarbonyl (C=S) groups is 1. The average Bonchev–Trinajstić information content (AvgIpc) is 2.78. The van der Waals surface area contributed by atoms with Crippen LogP contribution >= 0.6 is 12.2 Å². The minimum Gasteiger partial charge on any atom is -0.497 e. The molecule has 29 heavy (non-hydrogen) atoms. The Bertz CT molecular complexity index is 734. The van der Waals surface area contributed by atoms with Gasteiger partial charge in [0.15, 0.2) is 5.11 Å². The van der Waals surface area contributed by atoms with E-state index in [1.807, 2.05) is 18.2 Å². The van der Waals surface area contributed by atoms with Crippen LogP contribution in [0, 0.1) is 0 Å². The molecule has 0 spiro atoms. The molecule has 3 rings (SSSR count). The summed E-state index contributed by atoms with van der Waals surface area (Å²) in [5.41, 5.74) is 2.54. The van der Waals surface area contributed by atoms with E-state index in [1.54, 1.807) is 7.11 Å². The van der Waals surface area contributed by atoms with Gasteiger partial charge in [-0.05, 0) is 41.9 Å². The molecule has 156 valence electrons. The Morgan fingerprint density at radius 1 is 1.07 bits per heavy atom. The zero-order valence-corrected chi connectivity index (χ0v) is 18.0. The number of nitrogens with zero attached hydrogens (tertiary/aromatic N) is 2. The molecule has 2 aromatic carbocycles. The Morgan fingerprint density at radius 2 is 1.79 bits per heavy atom. The summed E-state index contributed by atoms with van der Waals surface area (Å²) in [7, 11) is 1.69. The van der Waals surface area contributed by atoms with E-state index in [1.165, 1.54) is 11.1 Å². The molecular formula is C23H31N3O2S. The highest BCUT2D eigenvalue weighted by Crippen LogP contribution is 2.13. The standard InChI is InChI=1S/C23H31N3O2S/c1-27-22-9-7-21(8-10-22)19-26(14-13-25-15-17-28-18-16-25)23(29)24-12-11-20-5-3-2-4-6-20/h2-10H,11-19H2,1H3,(H,24,29). The highest BCUT2D eigenvalue weighted by Gasteiger charge is 2.15. The second-order valence-corrected chi connectivity index (χ2v) is 7.58. The van der Waals surface area contributed by atoms with Gasteiger partial charge in [0.25, 0.3) is 0 Å². The van der Waals surface area contributed by atoms with Crippen molar-refractivity contribution in [2.75, 3.05) is 53.0 Å². The number of hydrogen-bond acceptors (Lipinski definition) is 4. The summed E-state index contributed by atoms with van der Waals surface area (Å²) in [6.45, 7) is 7.11. The first kappa shape index (κ1) is 21.6. The van der Waals surface area contributed by atoms with Crippen molar-refractivity contribution in [2.45, 2.75) is 13.0 Å². The molecule has 1 saturated heterocycles. The zero-order chi connectivity index (χ0) is 20.3. The van der Waals surface area contributed by atoms with Crippen LogP contribution in [-0.4, -0.2) is 68.0 Å². The Morgan fingerprint density at radius 3 is 2.48 bits per heavy atom.